The van der Waals surface area contributed by atoms with Crippen molar-refractivity contribution in [1.82, 2.24) is 40.8 Å². The molecule has 0 saturated carbocycles. The molecule has 0 aliphatic rings. The largest absolute Gasteiger partial charge is 0.433 e. The number of nitrogens with one attached hydrogen (secondary N) is 2. The predicted molar refractivity (Wildman–Crippen MR) is 142 cm³/mol. The minimum absolute atomic E-state index is 0.00624. The van der Waals surface area contributed by atoms with Crippen molar-refractivity contribution in [3.8, 4) is 5.75 Å². The third-order valence-electron chi connectivity index (χ3n) is 5.71. The molecule has 18 heteroatoms. The van der Waals surface area contributed by atoms with Crippen LogP contribution in [0.4, 0.5) is 26.3 Å². The van der Waals surface area contributed by atoms with Crippen LogP contribution in [-0.4, -0.2) is 54.3 Å². The average molecular weight is 643 g/mol. The van der Waals surface area contributed by atoms with Crippen LogP contribution in [0.1, 0.15) is 55.5 Å². The molecule has 234 valence electrons. The van der Waals surface area contributed by atoms with Crippen LogP contribution < -0.4 is 15.4 Å². The second kappa shape index (κ2) is 13.8. The van der Waals surface area contributed by atoms with E-state index in [0.717, 1.165) is 34.3 Å². The number of alkyl halides is 6. The zero-order valence-electron chi connectivity index (χ0n) is 22.8. The zero-order valence-corrected chi connectivity index (χ0v) is 23.6. The third-order valence-corrected chi connectivity index (χ3v) is 6.69. The number of hydrogen-bond donors (Lipinski definition) is 2. The molecular weight excluding hydrogens is 618 g/mol. The molecule has 4 rings (SSSR count). The second-order valence-corrected chi connectivity index (χ2v) is 10.5. The fourth-order valence-corrected chi connectivity index (χ4v) is 4.48. The smallest absolute Gasteiger partial charge is 0.416 e. The molecule has 0 fully saturated rings. The Morgan fingerprint density at radius 2 is 1.80 bits per heavy atom. The molecule has 3 heterocycles. The molecule has 0 saturated heterocycles. The van der Waals surface area contributed by atoms with Crippen molar-refractivity contribution in [2.45, 2.75) is 57.9 Å². The van der Waals surface area contributed by atoms with E-state index in [4.69, 9.17) is 0 Å². The number of nitrogens with zero attached hydrogens (tertiary/aromatic N) is 6. The Labute approximate surface area is 249 Å². The summed E-state index contributed by atoms with van der Waals surface area (Å²) in [5.74, 6) is -1.33. The van der Waals surface area contributed by atoms with Gasteiger partial charge in [-0.2, -0.15) is 22.0 Å². The van der Waals surface area contributed by atoms with Gasteiger partial charge in [0, 0.05) is 26.1 Å². The Bertz CT molecular complexity index is 1590. The van der Waals surface area contributed by atoms with Crippen molar-refractivity contribution >= 4 is 23.2 Å². The highest BCUT2D eigenvalue weighted by molar-refractivity contribution is 7.13. The van der Waals surface area contributed by atoms with Gasteiger partial charge in [0.05, 0.1) is 30.5 Å². The molecule has 0 aliphatic carbocycles. The summed E-state index contributed by atoms with van der Waals surface area (Å²) in [5, 5.41) is 20.5. The maximum Gasteiger partial charge on any atom is 0.416 e. The van der Waals surface area contributed by atoms with Crippen LogP contribution in [0.3, 0.4) is 0 Å². The zero-order chi connectivity index (χ0) is 31.9. The molecule has 2 N–H and O–H groups in total. The van der Waals surface area contributed by atoms with Crippen LogP contribution in [0.2, 0.25) is 0 Å². The van der Waals surface area contributed by atoms with Gasteiger partial charge in [-0.05, 0) is 36.2 Å². The summed E-state index contributed by atoms with van der Waals surface area (Å²) < 4.78 is 84.9. The van der Waals surface area contributed by atoms with Crippen molar-refractivity contribution in [3.63, 3.8) is 0 Å². The summed E-state index contributed by atoms with van der Waals surface area (Å²) in [7, 11) is 0. The fourth-order valence-electron chi connectivity index (χ4n) is 3.71. The van der Waals surface area contributed by atoms with Crippen LogP contribution in [0.15, 0.2) is 48.8 Å². The lowest BCUT2D eigenvalue weighted by Gasteiger charge is -2.13. The maximum atomic E-state index is 14.6. The maximum absolute atomic E-state index is 14.6. The Kier molecular flexibility index (Phi) is 10.1. The van der Waals surface area contributed by atoms with E-state index < -0.39 is 35.8 Å². The fraction of sp³-hybridized carbons (Fsp3) is 0.346. The van der Waals surface area contributed by atoms with Crippen LogP contribution in [0.5, 0.6) is 5.75 Å². The number of ether oxygens (including phenoxy) is 1. The number of pyridine rings is 1. The molecule has 0 aliphatic heterocycles. The minimum atomic E-state index is -4.55. The van der Waals surface area contributed by atoms with E-state index in [1.807, 2.05) is 0 Å². The number of hydrogen-bond acceptors (Lipinski definition) is 9. The number of benzene rings is 1. The first-order chi connectivity index (χ1) is 20.7. The number of rotatable bonds is 13. The van der Waals surface area contributed by atoms with Gasteiger partial charge < -0.3 is 15.4 Å². The standard InChI is InChI=1S/C26H24F6N8O3S/c1-25(28,29)43-19-4-2-3-15(9-19)11-34-23(42)24-38-37-21(44-24)6-5-17(27)13-40-14-20(36-39-40)22(41)35-12-18-10-16(7-8-33-18)26(30,31)32/h2-4,7-10,14,17H,5-6,11-13H2,1H3,(H,34,42)(H,35,41). The van der Waals surface area contributed by atoms with Gasteiger partial charge in [0.15, 0.2) is 5.69 Å². The van der Waals surface area contributed by atoms with Crippen molar-refractivity contribution in [2.24, 2.45) is 0 Å². The van der Waals surface area contributed by atoms with E-state index >= 15 is 0 Å². The molecule has 0 spiro atoms. The van der Waals surface area contributed by atoms with Gasteiger partial charge in [0.25, 0.3) is 11.8 Å². The molecule has 44 heavy (non-hydrogen) atoms. The first-order valence-corrected chi connectivity index (χ1v) is 13.7. The van der Waals surface area contributed by atoms with E-state index in [2.05, 4.69) is 40.9 Å². The Morgan fingerprint density at radius 3 is 2.55 bits per heavy atom. The normalized spacial score (nSPS) is 12.5. The summed E-state index contributed by atoms with van der Waals surface area (Å²) in [6.07, 6.45) is -6.99. The lowest BCUT2D eigenvalue weighted by Crippen LogP contribution is -2.24. The highest BCUT2D eigenvalue weighted by Crippen LogP contribution is 2.29. The van der Waals surface area contributed by atoms with E-state index in [-0.39, 0.29) is 54.6 Å². The molecule has 11 nitrogen and oxygen atoms in total. The molecular formula is C26H24F6N8O3S. The molecule has 0 radical (unpaired) electrons. The molecule has 1 aromatic carbocycles. The molecule has 1 unspecified atom stereocenters. The lowest BCUT2D eigenvalue weighted by molar-refractivity contribution is -0.159. The number of amides is 2. The van der Waals surface area contributed by atoms with E-state index in [0.29, 0.717) is 17.5 Å². The van der Waals surface area contributed by atoms with Crippen molar-refractivity contribution in [2.75, 3.05) is 0 Å². The van der Waals surface area contributed by atoms with Gasteiger partial charge in [-0.25, -0.2) is 9.07 Å². The van der Waals surface area contributed by atoms with E-state index in [9.17, 15) is 35.9 Å². The predicted octanol–water partition coefficient (Wildman–Crippen LogP) is 4.37. The van der Waals surface area contributed by atoms with Crippen LogP contribution >= 0.6 is 11.3 Å². The minimum Gasteiger partial charge on any atom is -0.433 e. The summed E-state index contributed by atoms with van der Waals surface area (Å²) >= 11 is 0.969. The number of halogens is 6. The van der Waals surface area contributed by atoms with Gasteiger partial charge >= 0.3 is 12.3 Å². The Morgan fingerprint density at radius 1 is 1.02 bits per heavy atom. The molecule has 1 atom stereocenters. The van der Waals surface area contributed by atoms with Crippen LogP contribution in [0.25, 0.3) is 0 Å². The number of aromatic nitrogens is 6. The monoisotopic (exact) mass is 642 g/mol. The highest BCUT2D eigenvalue weighted by Gasteiger charge is 2.30. The lowest BCUT2D eigenvalue weighted by atomic mass is 10.2. The van der Waals surface area contributed by atoms with E-state index in [1.165, 1.54) is 24.4 Å². The number of carbonyl (C=O) groups is 2. The summed E-state index contributed by atoms with van der Waals surface area (Å²) in [6.45, 7) is 0.106. The van der Waals surface area contributed by atoms with Crippen LogP contribution in [0, 0.1) is 0 Å². The SMILES string of the molecule is CC(F)(F)Oc1cccc(CNC(=O)c2nnc(CCC(F)Cn3cc(C(=O)NCc4cc(C(F)(F)F)ccn4)nn3)s2)c1. The number of carbonyl (C=O) groups excluding carboxylic acids is 2. The Hall–Kier alpha value is -4.61. The van der Waals surface area contributed by atoms with Gasteiger partial charge in [-0.3, -0.25) is 14.6 Å². The summed E-state index contributed by atoms with van der Waals surface area (Å²) in [5.41, 5.74) is -0.551. The third kappa shape index (κ3) is 9.72. The first-order valence-electron chi connectivity index (χ1n) is 12.9. The van der Waals surface area contributed by atoms with Crippen molar-refractivity contribution in [1.29, 1.82) is 0 Å². The van der Waals surface area contributed by atoms with Gasteiger partial charge in [0.2, 0.25) is 5.01 Å². The van der Waals surface area contributed by atoms with Crippen molar-refractivity contribution < 1.29 is 40.7 Å². The Balaban J connectivity index is 1.21. The van der Waals surface area contributed by atoms with Gasteiger partial charge in [-0.15, -0.1) is 15.3 Å². The second-order valence-electron chi connectivity index (χ2n) is 9.42. The molecule has 2 amide bonds. The first kappa shape index (κ1) is 32.3. The van der Waals surface area contributed by atoms with E-state index in [1.54, 1.807) is 6.07 Å². The molecule has 3 aromatic heterocycles. The summed E-state index contributed by atoms with van der Waals surface area (Å²) in [6, 6.07) is 7.49. The van der Waals surface area contributed by atoms with Crippen molar-refractivity contribution in [3.05, 3.63) is 81.3 Å². The van der Waals surface area contributed by atoms with Crippen LogP contribution in [-0.2, 0) is 32.2 Å². The highest BCUT2D eigenvalue weighted by atomic mass is 32.1. The number of aryl methyl sites for hydroxylation is 1. The average Bonchev–Trinajstić information content (AvgIpc) is 3.63. The van der Waals surface area contributed by atoms with Gasteiger partial charge in [0.1, 0.15) is 16.9 Å². The summed E-state index contributed by atoms with van der Waals surface area (Å²) in [4.78, 5) is 28.5. The molecule has 4 aromatic rings. The quantitative estimate of drug-likeness (QED) is 0.205. The molecule has 0 bridgehead atoms. The van der Waals surface area contributed by atoms with Gasteiger partial charge in [-0.1, -0.05) is 28.7 Å². The topological polar surface area (TPSA) is 137 Å².